The van der Waals surface area contributed by atoms with Gasteiger partial charge >= 0.3 is 0 Å². The molecule has 1 aromatic carbocycles. The van der Waals surface area contributed by atoms with Gasteiger partial charge in [-0.15, -0.1) is 0 Å². The molecule has 0 bridgehead atoms. The minimum atomic E-state index is -0.605. The molecule has 0 unspecified atom stereocenters. The van der Waals surface area contributed by atoms with E-state index in [1.165, 1.54) is 0 Å². The number of piperazine rings is 1. The predicted octanol–water partition coefficient (Wildman–Crippen LogP) is 1.98. The van der Waals surface area contributed by atoms with Crippen LogP contribution in [0, 0.1) is 0 Å². The molecule has 1 fully saturated rings. The van der Waals surface area contributed by atoms with Crippen LogP contribution in [0.15, 0.2) is 18.2 Å². The molecule has 0 aliphatic carbocycles. The molecular formula is C13H18ClN3O. The normalized spacial score (nSPS) is 19.2. The third-order valence-electron chi connectivity index (χ3n) is 3.49. The SMILES string of the molecule is CN1CCN(c2cc(Cl)ccc2N)C(C)(C)C1=O. The van der Waals surface area contributed by atoms with E-state index in [1.54, 1.807) is 17.0 Å². The molecule has 2 rings (SSSR count). The lowest BCUT2D eigenvalue weighted by Crippen LogP contribution is -2.62. The van der Waals surface area contributed by atoms with Gasteiger partial charge in [0.1, 0.15) is 5.54 Å². The fourth-order valence-electron chi connectivity index (χ4n) is 2.39. The molecule has 1 amide bonds. The van der Waals surface area contributed by atoms with Crippen molar-refractivity contribution in [2.75, 3.05) is 30.8 Å². The monoisotopic (exact) mass is 267 g/mol. The second-order valence-corrected chi connectivity index (χ2v) is 5.58. The number of hydrogen-bond donors (Lipinski definition) is 1. The molecule has 2 N–H and O–H groups in total. The summed E-state index contributed by atoms with van der Waals surface area (Å²) in [5.74, 6) is 0.0909. The quantitative estimate of drug-likeness (QED) is 0.792. The van der Waals surface area contributed by atoms with Gasteiger partial charge in [0.05, 0.1) is 11.4 Å². The average molecular weight is 268 g/mol. The van der Waals surface area contributed by atoms with Crippen LogP contribution in [0.3, 0.4) is 0 Å². The van der Waals surface area contributed by atoms with Crippen molar-refractivity contribution in [1.82, 2.24) is 4.90 Å². The Morgan fingerprint density at radius 2 is 2.00 bits per heavy atom. The number of carbonyl (C=O) groups is 1. The summed E-state index contributed by atoms with van der Waals surface area (Å²) >= 11 is 6.02. The Kier molecular flexibility index (Phi) is 3.15. The summed E-state index contributed by atoms with van der Waals surface area (Å²) in [5, 5.41) is 0.626. The van der Waals surface area contributed by atoms with Gasteiger partial charge in [0, 0.05) is 25.2 Å². The van der Waals surface area contributed by atoms with E-state index in [0.717, 1.165) is 12.2 Å². The molecule has 0 atom stereocenters. The number of likely N-dealkylation sites (N-methyl/N-ethyl adjacent to an activating group) is 1. The smallest absolute Gasteiger partial charge is 0.247 e. The highest BCUT2D eigenvalue weighted by atomic mass is 35.5. The van der Waals surface area contributed by atoms with Crippen LogP contribution in [-0.2, 0) is 4.79 Å². The summed E-state index contributed by atoms with van der Waals surface area (Å²) < 4.78 is 0. The molecular weight excluding hydrogens is 250 g/mol. The van der Waals surface area contributed by atoms with Gasteiger partial charge in [-0.05, 0) is 32.0 Å². The van der Waals surface area contributed by atoms with E-state index in [1.807, 2.05) is 31.9 Å². The number of benzene rings is 1. The zero-order valence-corrected chi connectivity index (χ0v) is 11.7. The van der Waals surface area contributed by atoms with Gasteiger partial charge in [-0.2, -0.15) is 0 Å². The summed E-state index contributed by atoms with van der Waals surface area (Å²) in [6.07, 6.45) is 0. The van der Waals surface area contributed by atoms with Gasteiger partial charge in [-0.3, -0.25) is 4.79 Å². The van der Waals surface area contributed by atoms with Crippen LogP contribution in [0.4, 0.5) is 11.4 Å². The van der Waals surface area contributed by atoms with Gasteiger partial charge in [0.15, 0.2) is 0 Å². The standard InChI is InChI=1S/C13H18ClN3O/c1-13(2)12(18)16(3)6-7-17(13)11-8-9(14)4-5-10(11)15/h4-5,8H,6-7,15H2,1-3H3. The molecule has 0 aromatic heterocycles. The Labute approximate surface area is 112 Å². The lowest BCUT2D eigenvalue weighted by atomic mass is 9.96. The van der Waals surface area contributed by atoms with E-state index in [9.17, 15) is 4.79 Å². The number of hydrogen-bond acceptors (Lipinski definition) is 3. The van der Waals surface area contributed by atoms with Crippen LogP contribution < -0.4 is 10.6 Å². The number of anilines is 2. The van der Waals surface area contributed by atoms with Gasteiger partial charge in [-0.1, -0.05) is 11.6 Å². The van der Waals surface area contributed by atoms with Crippen molar-refractivity contribution in [2.45, 2.75) is 19.4 Å². The van der Waals surface area contributed by atoms with Gasteiger partial charge in [0.25, 0.3) is 0 Å². The summed E-state index contributed by atoms with van der Waals surface area (Å²) in [7, 11) is 1.82. The lowest BCUT2D eigenvalue weighted by molar-refractivity contribution is -0.136. The number of nitrogen functional groups attached to an aromatic ring is 1. The lowest BCUT2D eigenvalue weighted by Gasteiger charge is -2.46. The van der Waals surface area contributed by atoms with Crippen molar-refractivity contribution >= 4 is 28.9 Å². The van der Waals surface area contributed by atoms with Crippen molar-refractivity contribution in [3.8, 4) is 0 Å². The molecule has 18 heavy (non-hydrogen) atoms. The maximum Gasteiger partial charge on any atom is 0.247 e. The maximum atomic E-state index is 12.2. The molecule has 1 aromatic rings. The van der Waals surface area contributed by atoms with Crippen LogP contribution in [0.2, 0.25) is 5.02 Å². The van der Waals surface area contributed by atoms with Crippen molar-refractivity contribution in [2.24, 2.45) is 0 Å². The molecule has 0 radical (unpaired) electrons. The zero-order valence-electron chi connectivity index (χ0n) is 10.9. The first kappa shape index (κ1) is 13.0. The first-order valence-corrected chi connectivity index (χ1v) is 6.30. The minimum absolute atomic E-state index is 0.0909. The van der Waals surface area contributed by atoms with Crippen molar-refractivity contribution in [3.05, 3.63) is 23.2 Å². The third kappa shape index (κ3) is 2.01. The molecule has 98 valence electrons. The van der Waals surface area contributed by atoms with Crippen LogP contribution in [0.1, 0.15) is 13.8 Å². The second-order valence-electron chi connectivity index (χ2n) is 5.14. The number of amides is 1. The summed E-state index contributed by atoms with van der Waals surface area (Å²) in [6.45, 7) is 5.25. The molecule has 1 heterocycles. The Morgan fingerprint density at radius 1 is 1.33 bits per heavy atom. The van der Waals surface area contributed by atoms with Crippen molar-refractivity contribution < 1.29 is 4.79 Å². The third-order valence-corrected chi connectivity index (χ3v) is 3.72. The first-order chi connectivity index (χ1) is 8.34. The predicted molar refractivity (Wildman–Crippen MR) is 74.9 cm³/mol. The fourth-order valence-corrected chi connectivity index (χ4v) is 2.55. The summed E-state index contributed by atoms with van der Waals surface area (Å²) in [5.41, 5.74) is 6.86. The second kappa shape index (κ2) is 4.35. The first-order valence-electron chi connectivity index (χ1n) is 5.92. The summed E-state index contributed by atoms with van der Waals surface area (Å²) in [6, 6.07) is 5.35. The summed E-state index contributed by atoms with van der Waals surface area (Å²) in [4.78, 5) is 16.0. The van der Waals surface area contributed by atoms with Crippen LogP contribution in [0.25, 0.3) is 0 Å². The molecule has 4 nitrogen and oxygen atoms in total. The van der Waals surface area contributed by atoms with E-state index in [0.29, 0.717) is 17.3 Å². The number of halogens is 1. The largest absolute Gasteiger partial charge is 0.397 e. The Balaban J connectivity index is 2.44. The number of nitrogens with zero attached hydrogens (tertiary/aromatic N) is 2. The van der Waals surface area contributed by atoms with Crippen LogP contribution in [0.5, 0.6) is 0 Å². The van der Waals surface area contributed by atoms with Gasteiger partial charge < -0.3 is 15.5 Å². The molecule has 1 aliphatic rings. The van der Waals surface area contributed by atoms with E-state index in [4.69, 9.17) is 17.3 Å². The van der Waals surface area contributed by atoms with E-state index in [2.05, 4.69) is 0 Å². The number of rotatable bonds is 1. The van der Waals surface area contributed by atoms with E-state index >= 15 is 0 Å². The van der Waals surface area contributed by atoms with E-state index < -0.39 is 5.54 Å². The molecule has 0 saturated carbocycles. The maximum absolute atomic E-state index is 12.2. The fraction of sp³-hybridized carbons (Fsp3) is 0.462. The van der Waals surface area contributed by atoms with Gasteiger partial charge in [-0.25, -0.2) is 0 Å². The molecule has 0 spiro atoms. The molecule has 5 heteroatoms. The van der Waals surface area contributed by atoms with Crippen molar-refractivity contribution in [1.29, 1.82) is 0 Å². The number of carbonyl (C=O) groups excluding carboxylic acids is 1. The minimum Gasteiger partial charge on any atom is -0.397 e. The van der Waals surface area contributed by atoms with Crippen LogP contribution >= 0.6 is 11.6 Å². The van der Waals surface area contributed by atoms with Crippen molar-refractivity contribution in [3.63, 3.8) is 0 Å². The Bertz CT molecular complexity index is 487. The highest BCUT2D eigenvalue weighted by molar-refractivity contribution is 6.31. The zero-order chi connectivity index (χ0) is 13.5. The average Bonchev–Trinajstić information content (AvgIpc) is 2.30. The Hall–Kier alpha value is -1.42. The molecule has 1 saturated heterocycles. The van der Waals surface area contributed by atoms with E-state index in [-0.39, 0.29) is 5.91 Å². The van der Waals surface area contributed by atoms with Gasteiger partial charge in [0.2, 0.25) is 5.91 Å². The molecule has 1 aliphatic heterocycles. The highest BCUT2D eigenvalue weighted by Crippen LogP contribution is 2.34. The number of nitrogens with two attached hydrogens (primary N) is 1. The highest BCUT2D eigenvalue weighted by Gasteiger charge is 2.41. The van der Waals surface area contributed by atoms with Crippen LogP contribution in [-0.4, -0.2) is 36.5 Å². The topological polar surface area (TPSA) is 49.6 Å². The Morgan fingerprint density at radius 3 is 2.67 bits per heavy atom.